The predicted octanol–water partition coefficient (Wildman–Crippen LogP) is 2.53. The van der Waals surface area contributed by atoms with Crippen molar-refractivity contribution in [1.29, 1.82) is 5.26 Å². The molecule has 0 bridgehead atoms. The van der Waals surface area contributed by atoms with Gasteiger partial charge in [0.15, 0.2) is 0 Å². The molecule has 1 unspecified atom stereocenters. The minimum Gasteiger partial charge on any atom is -0.396 e. The van der Waals surface area contributed by atoms with E-state index in [1.807, 2.05) is 0 Å². The molecule has 3 heteroatoms. The Bertz CT molecular complexity index is 133. The van der Waals surface area contributed by atoms with Crippen LogP contribution in [0.4, 0.5) is 0 Å². The summed E-state index contributed by atoms with van der Waals surface area (Å²) < 4.78 is 0. The molecule has 12 heavy (non-hydrogen) atoms. The van der Waals surface area contributed by atoms with Crippen LogP contribution >= 0.6 is 11.8 Å². The highest BCUT2D eigenvalue weighted by molar-refractivity contribution is 8.04. The van der Waals surface area contributed by atoms with Gasteiger partial charge in [0.25, 0.3) is 0 Å². The summed E-state index contributed by atoms with van der Waals surface area (Å²) in [6.45, 7) is 2.37. The Kier molecular flexibility index (Phi) is 8.74. The summed E-state index contributed by atoms with van der Waals surface area (Å²) in [5.74, 6) is 0. The van der Waals surface area contributed by atoms with Crippen molar-refractivity contribution in [3.05, 3.63) is 0 Å². The highest BCUT2D eigenvalue weighted by Gasteiger charge is 2.07. The molecule has 0 spiro atoms. The van der Waals surface area contributed by atoms with Crippen molar-refractivity contribution in [1.82, 2.24) is 0 Å². The summed E-state index contributed by atoms with van der Waals surface area (Å²) in [4.78, 5) is 0. The monoisotopic (exact) mass is 187 g/mol. The van der Waals surface area contributed by atoms with Gasteiger partial charge < -0.3 is 5.11 Å². The molecule has 0 aliphatic carbocycles. The first-order valence-corrected chi connectivity index (χ1v) is 5.38. The number of aliphatic hydroxyl groups excluding tert-OH is 1. The van der Waals surface area contributed by atoms with Crippen molar-refractivity contribution in [3.63, 3.8) is 0 Å². The Labute approximate surface area is 79.0 Å². The zero-order valence-electron chi connectivity index (χ0n) is 7.62. The summed E-state index contributed by atoms with van der Waals surface area (Å²) in [5, 5.41) is 19.6. The van der Waals surface area contributed by atoms with Gasteiger partial charge >= 0.3 is 0 Å². The number of thioether (sulfide) groups is 1. The third-order valence-corrected chi connectivity index (χ3v) is 2.71. The van der Waals surface area contributed by atoms with Crippen molar-refractivity contribution < 1.29 is 5.11 Å². The van der Waals surface area contributed by atoms with E-state index in [2.05, 4.69) is 12.3 Å². The van der Waals surface area contributed by atoms with Crippen molar-refractivity contribution >= 4 is 11.8 Å². The maximum atomic E-state index is 8.70. The second-order valence-corrected chi connectivity index (χ2v) is 3.92. The Hall–Kier alpha value is -0.200. The third-order valence-electron chi connectivity index (χ3n) is 1.80. The van der Waals surface area contributed by atoms with Gasteiger partial charge in [0.05, 0.1) is 0 Å². The molecule has 0 heterocycles. The lowest BCUT2D eigenvalue weighted by Crippen LogP contribution is -2.04. The number of rotatable bonds is 7. The first-order valence-electron chi connectivity index (χ1n) is 4.50. The van der Waals surface area contributed by atoms with Gasteiger partial charge in [0.2, 0.25) is 0 Å². The fourth-order valence-corrected chi connectivity index (χ4v) is 1.76. The maximum Gasteiger partial charge on any atom is 0.133 e. The van der Waals surface area contributed by atoms with Gasteiger partial charge in [0.1, 0.15) is 5.40 Å². The van der Waals surface area contributed by atoms with Gasteiger partial charge in [-0.15, -0.1) is 0 Å². The lowest BCUT2D eigenvalue weighted by atomic mass is 10.1. The fraction of sp³-hybridized carbons (Fsp3) is 0.889. The van der Waals surface area contributed by atoms with Crippen molar-refractivity contribution in [2.45, 2.75) is 44.3 Å². The summed E-state index contributed by atoms with van der Waals surface area (Å²) in [6.07, 6.45) is 5.43. The number of thiocyanates is 1. The Morgan fingerprint density at radius 1 is 1.42 bits per heavy atom. The standard InChI is InChI=1S/C9H17NOS/c1-2-3-4-5-9(6-7-11)12-8-10/h9,11H,2-7H2,1H3. The number of nitriles is 1. The molecule has 0 aliphatic rings. The Morgan fingerprint density at radius 3 is 2.67 bits per heavy atom. The average Bonchev–Trinajstić information content (AvgIpc) is 2.06. The number of hydrogen-bond donors (Lipinski definition) is 1. The molecule has 0 aromatic rings. The zero-order chi connectivity index (χ0) is 9.23. The van der Waals surface area contributed by atoms with Crippen LogP contribution < -0.4 is 0 Å². The Morgan fingerprint density at radius 2 is 2.17 bits per heavy atom. The van der Waals surface area contributed by atoms with Crippen LogP contribution in [-0.2, 0) is 0 Å². The van der Waals surface area contributed by atoms with E-state index < -0.39 is 0 Å². The molecule has 0 rings (SSSR count). The number of aliphatic hydroxyl groups is 1. The molecular weight excluding hydrogens is 170 g/mol. The Balaban J connectivity index is 3.42. The minimum atomic E-state index is 0.200. The molecule has 1 N–H and O–H groups in total. The molecule has 0 aromatic heterocycles. The summed E-state index contributed by atoms with van der Waals surface area (Å²) in [6, 6.07) is 0. The van der Waals surface area contributed by atoms with Crippen LogP contribution in [0, 0.1) is 10.7 Å². The topological polar surface area (TPSA) is 44.0 Å². The molecule has 0 amide bonds. The van der Waals surface area contributed by atoms with E-state index in [0.717, 1.165) is 12.8 Å². The molecule has 70 valence electrons. The van der Waals surface area contributed by atoms with Gasteiger partial charge in [-0.05, 0) is 24.6 Å². The van der Waals surface area contributed by atoms with Crippen LogP contribution in [0.1, 0.15) is 39.0 Å². The lowest BCUT2D eigenvalue weighted by Gasteiger charge is -2.09. The second kappa shape index (κ2) is 8.89. The van der Waals surface area contributed by atoms with Crippen molar-refractivity contribution in [2.24, 2.45) is 0 Å². The number of unbranched alkanes of at least 4 members (excludes halogenated alkanes) is 2. The van der Waals surface area contributed by atoms with E-state index in [9.17, 15) is 0 Å². The van der Waals surface area contributed by atoms with Crippen LogP contribution in [0.3, 0.4) is 0 Å². The smallest absolute Gasteiger partial charge is 0.133 e. The van der Waals surface area contributed by atoms with Gasteiger partial charge in [-0.3, -0.25) is 0 Å². The first kappa shape index (κ1) is 11.8. The summed E-state index contributed by atoms with van der Waals surface area (Å²) in [5.41, 5.74) is 0. The van der Waals surface area contributed by atoms with E-state index in [1.165, 1.54) is 31.0 Å². The van der Waals surface area contributed by atoms with Gasteiger partial charge in [-0.25, -0.2) is 0 Å². The molecule has 0 aromatic carbocycles. The van der Waals surface area contributed by atoms with Crippen LogP contribution in [0.5, 0.6) is 0 Å². The first-order chi connectivity index (χ1) is 5.85. The lowest BCUT2D eigenvalue weighted by molar-refractivity contribution is 0.285. The maximum absolute atomic E-state index is 8.70. The van der Waals surface area contributed by atoms with Crippen LogP contribution in [-0.4, -0.2) is 17.0 Å². The third kappa shape index (κ3) is 6.51. The van der Waals surface area contributed by atoms with E-state index in [0.29, 0.717) is 5.25 Å². The molecular formula is C9H17NOS. The molecule has 0 aliphatic heterocycles. The largest absolute Gasteiger partial charge is 0.396 e. The van der Waals surface area contributed by atoms with Crippen molar-refractivity contribution in [2.75, 3.05) is 6.61 Å². The zero-order valence-corrected chi connectivity index (χ0v) is 8.44. The molecule has 2 nitrogen and oxygen atoms in total. The van der Waals surface area contributed by atoms with Gasteiger partial charge in [-0.1, -0.05) is 26.2 Å². The average molecular weight is 187 g/mol. The summed E-state index contributed by atoms with van der Waals surface area (Å²) >= 11 is 1.30. The molecule has 0 saturated heterocycles. The highest BCUT2D eigenvalue weighted by Crippen LogP contribution is 2.19. The SMILES string of the molecule is CCCCCC(CCO)SC#N. The van der Waals surface area contributed by atoms with Crippen molar-refractivity contribution in [3.8, 4) is 5.40 Å². The number of nitrogens with zero attached hydrogens (tertiary/aromatic N) is 1. The molecule has 1 atom stereocenters. The van der Waals surface area contributed by atoms with Gasteiger partial charge in [-0.2, -0.15) is 5.26 Å². The van der Waals surface area contributed by atoms with Crippen LogP contribution in [0.2, 0.25) is 0 Å². The van der Waals surface area contributed by atoms with E-state index in [-0.39, 0.29) is 6.61 Å². The predicted molar refractivity (Wildman–Crippen MR) is 52.8 cm³/mol. The molecule has 0 saturated carbocycles. The minimum absolute atomic E-state index is 0.200. The highest BCUT2D eigenvalue weighted by atomic mass is 32.2. The van der Waals surface area contributed by atoms with Gasteiger partial charge in [0, 0.05) is 11.9 Å². The fourth-order valence-electron chi connectivity index (χ4n) is 1.10. The number of hydrogen-bond acceptors (Lipinski definition) is 3. The second-order valence-electron chi connectivity index (χ2n) is 2.84. The van der Waals surface area contributed by atoms with E-state index >= 15 is 0 Å². The van der Waals surface area contributed by atoms with E-state index in [1.54, 1.807) is 0 Å². The van der Waals surface area contributed by atoms with Crippen LogP contribution in [0.25, 0.3) is 0 Å². The molecule has 0 radical (unpaired) electrons. The summed E-state index contributed by atoms with van der Waals surface area (Å²) in [7, 11) is 0. The normalized spacial score (nSPS) is 12.4. The van der Waals surface area contributed by atoms with E-state index in [4.69, 9.17) is 10.4 Å². The van der Waals surface area contributed by atoms with Crippen LogP contribution in [0.15, 0.2) is 0 Å². The molecule has 0 fully saturated rings. The quantitative estimate of drug-likeness (QED) is 0.492.